The third-order valence-corrected chi connectivity index (χ3v) is 3.97. The van der Waals surface area contributed by atoms with Crippen LogP contribution in [0, 0.1) is 0 Å². The predicted octanol–water partition coefficient (Wildman–Crippen LogP) is -2.89. The molecule has 0 radical (unpaired) electrons. The van der Waals surface area contributed by atoms with E-state index in [1.807, 2.05) is 0 Å². The van der Waals surface area contributed by atoms with Gasteiger partial charge in [0.2, 0.25) is 5.95 Å². The molecule has 168 valence electrons. The number of rotatable bonds is 0. The van der Waals surface area contributed by atoms with Gasteiger partial charge in [-0.3, -0.25) is 39.3 Å². The molecule has 18 heteroatoms. The molecule has 0 amide bonds. The molecule has 0 aliphatic rings. The molecule has 6 heterocycles. The second kappa shape index (κ2) is 8.29. The number of nitrogen functional groups attached to an aromatic ring is 1. The molecule has 0 fully saturated rings. The zero-order valence-corrected chi connectivity index (χ0v) is 16.1. The second-order valence-electron chi connectivity index (χ2n) is 6.12. The van der Waals surface area contributed by atoms with Crippen LogP contribution in [0.3, 0.4) is 0 Å². The Labute approximate surface area is 176 Å². The zero-order valence-electron chi connectivity index (χ0n) is 16.1. The van der Waals surface area contributed by atoms with Crippen LogP contribution in [-0.2, 0) is 0 Å². The Kier molecular flexibility index (Phi) is 5.21. The standard InChI is InChI=1S/C5H5N5O.2C5H4N4O2/c6-5-9-3-2(4(11)10-5)7-1-8-3;2*10-4-2-3(7-1-6-2)8-5(11)9-4/h1H,(H4,6,7,8,9,10,11);2*1H,(H3,6,7,8,9,10,11). The summed E-state index contributed by atoms with van der Waals surface area (Å²) in [5.74, 6) is 0.0783. The second-order valence-corrected chi connectivity index (χ2v) is 6.12. The van der Waals surface area contributed by atoms with E-state index in [1.165, 1.54) is 19.0 Å². The Balaban J connectivity index is 0.000000118. The van der Waals surface area contributed by atoms with Crippen molar-refractivity contribution >= 4 is 39.4 Å². The van der Waals surface area contributed by atoms with E-state index in [2.05, 4.69) is 59.8 Å². The Morgan fingerprint density at radius 2 is 1.03 bits per heavy atom. The van der Waals surface area contributed by atoms with Crippen molar-refractivity contribution in [2.24, 2.45) is 0 Å². The fraction of sp³-hybridized carbons (Fsp3) is 0. The van der Waals surface area contributed by atoms with Gasteiger partial charge >= 0.3 is 11.4 Å². The van der Waals surface area contributed by atoms with Crippen LogP contribution in [0.15, 0.2) is 43.0 Å². The van der Waals surface area contributed by atoms with E-state index in [0.717, 1.165) is 0 Å². The number of fused-ring (bicyclic) bond motifs is 3. The monoisotopic (exact) mass is 455 g/mol. The average Bonchev–Trinajstić information content (AvgIpc) is 3.48. The van der Waals surface area contributed by atoms with Crippen LogP contribution < -0.4 is 33.8 Å². The number of nitrogens with zero attached hydrogens (tertiary/aromatic N) is 4. The first kappa shape index (κ1) is 20.7. The van der Waals surface area contributed by atoms with Gasteiger partial charge in [-0.1, -0.05) is 0 Å². The molecule has 0 aromatic carbocycles. The molecular formula is C15H13N13O5. The summed E-state index contributed by atoms with van der Waals surface area (Å²) in [6.45, 7) is 0. The van der Waals surface area contributed by atoms with E-state index >= 15 is 0 Å². The number of hydrogen-bond donors (Lipinski definition) is 9. The van der Waals surface area contributed by atoms with Crippen molar-refractivity contribution < 1.29 is 0 Å². The van der Waals surface area contributed by atoms with Crippen molar-refractivity contribution in [2.45, 2.75) is 0 Å². The minimum atomic E-state index is -0.547. The molecule has 0 saturated heterocycles. The molecule has 18 nitrogen and oxygen atoms in total. The van der Waals surface area contributed by atoms with Crippen LogP contribution in [0.4, 0.5) is 5.95 Å². The van der Waals surface area contributed by atoms with E-state index in [-0.39, 0.29) is 33.8 Å². The minimum absolute atomic E-state index is 0.0783. The molecule has 10 N–H and O–H groups in total. The molecule has 6 aromatic rings. The number of imidazole rings is 3. The molecule has 0 atom stereocenters. The fourth-order valence-electron chi connectivity index (χ4n) is 2.59. The van der Waals surface area contributed by atoms with Crippen LogP contribution >= 0.6 is 0 Å². The number of aromatic amines is 8. The summed E-state index contributed by atoms with van der Waals surface area (Å²) in [5.41, 5.74) is 4.76. The van der Waals surface area contributed by atoms with Crippen LogP contribution in [0.5, 0.6) is 0 Å². The fourth-order valence-corrected chi connectivity index (χ4v) is 2.59. The van der Waals surface area contributed by atoms with Gasteiger partial charge in [0.25, 0.3) is 16.7 Å². The number of aromatic nitrogens is 12. The van der Waals surface area contributed by atoms with Crippen LogP contribution in [0.1, 0.15) is 0 Å². The van der Waals surface area contributed by atoms with E-state index < -0.39 is 22.5 Å². The summed E-state index contributed by atoms with van der Waals surface area (Å²) in [6.07, 6.45) is 4.08. The summed E-state index contributed by atoms with van der Waals surface area (Å²) < 4.78 is 0. The van der Waals surface area contributed by atoms with Crippen LogP contribution in [0.2, 0.25) is 0 Å². The molecule has 33 heavy (non-hydrogen) atoms. The molecule has 6 rings (SSSR count). The van der Waals surface area contributed by atoms with Gasteiger partial charge in [0.15, 0.2) is 22.5 Å². The molecular weight excluding hydrogens is 442 g/mol. The van der Waals surface area contributed by atoms with Gasteiger partial charge in [-0.05, 0) is 0 Å². The van der Waals surface area contributed by atoms with Crippen molar-refractivity contribution in [1.82, 2.24) is 59.8 Å². The SMILES string of the molecule is Nc1nc2nc[nH]c2c(=O)[nH]1.O=c1[nH]c(=O)c2[nH]cnc2[nH]1.O=c1[nH]c(=O)c2[nH]cnc2[nH]1. The van der Waals surface area contributed by atoms with E-state index in [1.54, 1.807) is 0 Å². The maximum Gasteiger partial charge on any atom is 0.327 e. The maximum absolute atomic E-state index is 11.0. The van der Waals surface area contributed by atoms with Crippen molar-refractivity contribution in [3.05, 3.63) is 71.0 Å². The molecule has 0 spiro atoms. The highest BCUT2D eigenvalue weighted by molar-refractivity contribution is 5.69. The Morgan fingerprint density at radius 3 is 1.58 bits per heavy atom. The number of hydrogen-bond acceptors (Lipinski definition) is 10. The highest BCUT2D eigenvalue weighted by Gasteiger charge is 2.02. The van der Waals surface area contributed by atoms with Gasteiger partial charge < -0.3 is 20.7 Å². The third-order valence-electron chi connectivity index (χ3n) is 3.97. The molecule has 0 unspecified atom stereocenters. The summed E-state index contributed by atoms with van der Waals surface area (Å²) >= 11 is 0. The van der Waals surface area contributed by atoms with E-state index in [9.17, 15) is 24.0 Å². The first-order valence-corrected chi connectivity index (χ1v) is 8.82. The van der Waals surface area contributed by atoms with Gasteiger partial charge in [-0.15, -0.1) is 0 Å². The Bertz CT molecular complexity index is 1760. The number of H-pyrrole nitrogens is 8. The van der Waals surface area contributed by atoms with Crippen molar-refractivity contribution in [3.8, 4) is 0 Å². The van der Waals surface area contributed by atoms with Crippen molar-refractivity contribution in [2.75, 3.05) is 5.73 Å². The largest absolute Gasteiger partial charge is 0.369 e. The van der Waals surface area contributed by atoms with E-state index in [4.69, 9.17) is 5.73 Å². The molecule has 6 aromatic heterocycles. The smallest absolute Gasteiger partial charge is 0.327 e. The van der Waals surface area contributed by atoms with Crippen molar-refractivity contribution in [1.29, 1.82) is 0 Å². The van der Waals surface area contributed by atoms with Gasteiger partial charge in [0.05, 0.1) is 19.0 Å². The van der Waals surface area contributed by atoms with Crippen LogP contribution in [0.25, 0.3) is 33.5 Å². The zero-order chi connectivity index (χ0) is 23.5. The van der Waals surface area contributed by atoms with Gasteiger partial charge in [-0.2, -0.15) is 4.98 Å². The summed E-state index contributed by atoms with van der Waals surface area (Å²) in [4.78, 5) is 88.1. The number of nitrogens with two attached hydrogens (primary N) is 1. The maximum atomic E-state index is 11.0. The lowest BCUT2D eigenvalue weighted by Gasteiger charge is -1.89. The number of anilines is 1. The molecule has 0 saturated carbocycles. The van der Waals surface area contributed by atoms with Gasteiger partial charge in [-0.25, -0.2) is 24.5 Å². The lowest BCUT2D eigenvalue weighted by molar-refractivity contribution is 1.07. The summed E-state index contributed by atoms with van der Waals surface area (Å²) in [6, 6.07) is 0. The quantitative estimate of drug-likeness (QED) is 0.113. The third kappa shape index (κ3) is 4.33. The number of nitrogens with one attached hydrogen (secondary N) is 8. The highest BCUT2D eigenvalue weighted by atomic mass is 16.2. The summed E-state index contributed by atoms with van der Waals surface area (Å²) in [5, 5.41) is 0. The Hall–Kier alpha value is -5.55. The lowest BCUT2D eigenvalue weighted by atomic mass is 10.5. The van der Waals surface area contributed by atoms with Crippen molar-refractivity contribution in [3.63, 3.8) is 0 Å². The first-order valence-electron chi connectivity index (χ1n) is 8.82. The molecule has 0 aliphatic heterocycles. The topological polar surface area (TPSA) is 289 Å². The summed E-state index contributed by atoms with van der Waals surface area (Å²) in [7, 11) is 0. The minimum Gasteiger partial charge on any atom is -0.369 e. The molecule has 0 aliphatic carbocycles. The predicted molar refractivity (Wildman–Crippen MR) is 114 cm³/mol. The van der Waals surface area contributed by atoms with E-state index in [0.29, 0.717) is 11.2 Å². The van der Waals surface area contributed by atoms with Gasteiger partial charge in [0.1, 0.15) is 11.0 Å². The first-order chi connectivity index (χ1) is 15.8. The highest BCUT2D eigenvalue weighted by Crippen LogP contribution is 1.98. The lowest BCUT2D eigenvalue weighted by Crippen LogP contribution is -2.21. The average molecular weight is 455 g/mol. The van der Waals surface area contributed by atoms with Gasteiger partial charge in [0, 0.05) is 0 Å². The molecule has 0 bridgehead atoms. The Morgan fingerprint density at radius 1 is 0.576 bits per heavy atom. The normalized spacial score (nSPS) is 10.5. The van der Waals surface area contributed by atoms with Crippen LogP contribution in [-0.4, -0.2) is 59.8 Å².